The summed E-state index contributed by atoms with van der Waals surface area (Å²) in [4.78, 5) is 30.1. The van der Waals surface area contributed by atoms with Gasteiger partial charge in [-0.2, -0.15) is 0 Å². The number of benzene rings is 2. The van der Waals surface area contributed by atoms with Gasteiger partial charge in [0.25, 0.3) is 0 Å². The molecule has 1 amide bonds. The number of hydrogen-bond acceptors (Lipinski definition) is 5. The van der Waals surface area contributed by atoms with E-state index in [1.54, 1.807) is 11.0 Å². The van der Waals surface area contributed by atoms with Gasteiger partial charge in [-0.1, -0.05) is 71.1 Å². The molecular formula is C18H15ClN2O2S2. The summed E-state index contributed by atoms with van der Waals surface area (Å²) in [6, 6.07) is 15.3. The third-order valence-electron chi connectivity index (χ3n) is 3.47. The molecule has 128 valence electrons. The first-order valence-electron chi connectivity index (χ1n) is 7.57. The molecule has 0 radical (unpaired) electrons. The summed E-state index contributed by atoms with van der Waals surface area (Å²) in [6.45, 7) is 1.85. The van der Waals surface area contributed by atoms with Crippen molar-refractivity contribution in [2.24, 2.45) is 0 Å². The summed E-state index contributed by atoms with van der Waals surface area (Å²) < 4.78 is 0.924. The Hall–Kier alpha value is -1.89. The number of nitrogens with zero attached hydrogens (tertiary/aromatic N) is 2. The van der Waals surface area contributed by atoms with Gasteiger partial charge < -0.3 is 0 Å². The number of aromatic nitrogens is 1. The van der Waals surface area contributed by atoms with E-state index in [1.807, 2.05) is 42.5 Å². The lowest BCUT2D eigenvalue weighted by atomic mass is 10.2. The quantitative estimate of drug-likeness (QED) is 0.630. The van der Waals surface area contributed by atoms with Crippen molar-refractivity contribution in [1.29, 1.82) is 0 Å². The van der Waals surface area contributed by atoms with Gasteiger partial charge in [-0.3, -0.25) is 14.5 Å². The number of carbonyl (C=O) groups excluding carboxylic acids is 2. The van der Waals surface area contributed by atoms with Gasteiger partial charge in [0, 0.05) is 6.92 Å². The van der Waals surface area contributed by atoms with E-state index in [-0.39, 0.29) is 16.8 Å². The molecule has 0 fully saturated rings. The molecule has 0 aliphatic rings. The average molecular weight is 391 g/mol. The van der Waals surface area contributed by atoms with Gasteiger partial charge in [-0.25, -0.2) is 4.98 Å². The first kappa shape index (κ1) is 17.9. The molecule has 0 saturated heterocycles. The van der Waals surface area contributed by atoms with E-state index in [2.05, 4.69) is 4.98 Å². The standard InChI is InChI=1S/C18H15ClN2O2S2/c1-12(22)24-11-16(23)21(10-13-6-3-2-4-7-13)18-20-17-14(19)8-5-9-15(17)25-18/h2-9H,10-11H2,1H3. The lowest BCUT2D eigenvalue weighted by Crippen LogP contribution is -2.32. The lowest BCUT2D eigenvalue weighted by Gasteiger charge is -2.19. The zero-order valence-electron chi connectivity index (χ0n) is 13.4. The Morgan fingerprint density at radius 2 is 1.92 bits per heavy atom. The van der Waals surface area contributed by atoms with Crippen molar-refractivity contribution in [3.63, 3.8) is 0 Å². The minimum atomic E-state index is -0.153. The first-order valence-corrected chi connectivity index (χ1v) is 9.75. The van der Waals surface area contributed by atoms with Crippen molar-refractivity contribution in [3.8, 4) is 0 Å². The lowest BCUT2D eigenvalue weighted by molar-refractivity contribution is -0.116. The van der Waals surface area contributed by atoms with E-state index >= 15 is 0 Å². The molecule has 3 rings (SSSR count). The second kappa shape index (κ2) is 7.99. The molecule has 0 N–H and O–H groups in total. The molecular weight excluding hydrogens is 376 g/mol. The summed E-state index contributed by atoms with van der Waals surface area (Å²) in [6.07, 6.45) is 0. The Labute approximate surface area is 158 Å². The summed E-state index contributed by atoms with van der Waals surface area (Å²) >= 11 is 8.63. The van der Waals surface area contributed by atoms with Crippen LogP contribution in [0.2, 0.25) is 5.02 Å². The molecule has 0 aliphatic carbocycles. The van der Waals surface area contributed by atoms with Crippen LogP contribution in [0.4, 0.5) is 5.13 Å². The summed E-state index contributed by atoms with van der Waals surface area (Å²) in [5.41, 5.74) is 1.68. The van der Waals surface area contributed by atoms with Crippen molar-refractivity contribution < 1.29 is 9.59 Å². The van der Waals surface area contributed by atoms with Crippen LogP contribution in [-0.4, -0.2) is 21.8 Å². The average Bonchev–Trinajstić information content (AvgIpc) is 3.04. The van der Waals surface area contributed by atoms with Crippen molar-refractivity contribution >= 4 is 61.1 Å². The number of carbonyl (C=O) groups is 2. The maximum absolute atomic E-state index is 12.7. The number of halogens is 1. The molecule has 0 aliphatic heterocycles. The van der Waals surface area contributed by atoms with Crippen molar-refractivity contribution in [1.82, 2.24) is 4.98 Å². The summed E-state index contributed by atoms with van der Waals surface area (Å²) in [7, 11) is 0. The molecule has 0 saturated carbocycles. The second-order valence-electron chi connectivity index (χ2n) is 5.33. The fourth-order valence-electron chi connectivity index (χ4n) is 2.29. The van der Waals surface area contributed by atoms with Crippen molar-refractivity contribution in [3.05, 3.63) is 59.1 Å². The van der Waals surface area contributed by atoms with Crippen LogP contribution in [0.15, 0.2) is 48.5 Å². The number of thiazole rings is 1. The maximum atomic E-state index is 12.7. The number of fused-ring (bicyclic) bond motifs is 1. The zero-order chi connectivity index (χ0) is 17.8. The van der Waals surface area contributed by atoms with Gasteiger partial charge in [0.1, 0.15) is 5.52 Å². The topological polar surface area (TPSA) is 50.3 Å². The molecule has 2 aromatic carbocycles. The van der Waals surface area contributed by atoms with Crippen LogP contribution in [0.1, 0.15) is 12.5 Å². The van der Waals surface area contributed by atoms with Crippen LogP contribution < -0.4 is 4.90 Å². The van der Waals surface area contributed by atoms with E-state index in [1.165, 1.54) is 18.3 Å². The SMILES string of the molecule is CC(=O)SCC(=O)N(Cc1ccccc1)c1nc2c(Cl)cccc2s1. The Morgan fingerprint density at radius 3 is 2.60 bits per heavy atom. The van der Waals surface area contributed by atoms with Crippen LogP contribution in [0, 0.1) is 0 Å². The highest BCUT2D eigenvalue weighted by molar-refractivity contribution is 8.14. The van der Waals surface area contributed by atoms with Gasteiger partial charge in [-0.05, 0) is 17.7 Å². The van der Waals surface area contributed by atoms with E-state index in [0.29, 0.717) is 22.2 Å². The predicted octanol–water partition coefficient (Wildman–Crippen LogP) is 4.76. The van der Waals surface area contributed by atoms with Gasteiger partial charge >= 0.3 is 0 Å². The first-order chi connectivity index (χ1) is 12.0. The molecule has 1 aromatic heterocycles. The monoisotopic (exact) mass is 390 g/mol. The maximum Gasteiger partial charge on any atom is 0.239 e. The van der Waals surface area contributed by atoms with Gasteiger partial charge in [0.2, 0.25) is 5.91 Å². The van der Waals surface area contributed by atoms with Crippen molar-refractivity contribution in [2.45, 2.75) is 13.5 Å². The van der Waals surface area contributed by atoms with E-state index < -0.39 is 0 Å². The summed E-state index contributed by atoms with van der Waals surface area (Å²) in [5, 5.41) is 1.06. The van der Waals surface area contributed by atoms with Crippen molar-refractivity contribution in [2.75, 3.05) is 10.7 Å². The molecule has 7 heteroatoms. The zero-order valence-corrected chi connectivity index (χ0v) is 15.8. The Morgan fingerprint density at radius 1 is 1.16 bits per heavy atom. The second-order valence-corrected chi connectivity index (χ2v) is 7.90. The Balaban J connectivity index is 1.95. The van der Waals surface area contributed by atoms with Crippen LogP contribution in [-0.2, 0) is 16.1 Å². The highest BCUT2D eigenvalue weighted by atomic mass is 35.5. The number of amides is 1. The predicted molar refractivity (Wildman–Crippen MR) is 105 cm³/mol. The molecule has 4 nitrogen and oxygen atoms in total. The Bertz CT molecular complexity index is 912. The number of hydrogen-bond donors (Lipinski definition) is 0. The number of thioether (sulfide) groups is 1. The number of para-hydroxylation sites is 1. The number of rotatable bonds is 5. The molecule has 25 heavy (non-hydrogen) atoms. The van der Waals surface area contributed by atoms with Gasteiger partial charge in [-0.15, -0.1) is 0 Å². The van der Waals surface area contributed by atoms with E-state index in [9.17, 15) is 9.59 Å². The molecule has 3 aromatic rings. The highest BCUT2D eigenvalue weighted by Crippen LogP contribution is 2.33. The minimum absolute atomic E-state index is 0.0830. The molecule has 0 spiro atoms. The van der Waals surface area contributed by atoms with Gasteiger partial charge in [0.05, 0.1) is 22.0 Å². The summed E-state index contributed by atoms with van der Waals surface area (Å²) in [5.74, 6) is -0.0644. The fraction of sp³-hybridized carbons (Fsp3) is 0.167. The number of anilines is 1. The van der Waals surface area contributed by atoms with Crippen LogP contribution in [0.3, 0.4) is 0 Å². The van der Waals surface area contributed by atoms with Gasteiger partial charge in [0.15, 0.2) is 10.2 Å². The minimum Gasteiger partial charge on any atom is -0.288 e. The molecule has 0 unspecified atom stereocenters. The van der Waals surface area contributed by atoms with E-state index in [4.69, 9.17) is 11.6 Å². The third-order valence-corrected chi connectivity index (χ3v) is 5.62. The molecule has 1 heterocycles. The third kappa shape index (κ3) is 4.39. The van der Waals surface area contributed by atoms with E-state index in [0.717, 1.165) is 22.0 Å². The fourth-order valence-corrected chi connectivity index (χ4v) is 4.05. The molecule has 0 bridgehead atoms. The normalized spacial score (nSPS) is 10.8. The van der Waals surface area contributed by atoms with Crippen LogP contribution >= 0.6 is 34.7 Å². The highest BCUT2D eigenvalue weighted by Gasteiger charge is 2.21. The largest absolute Gasteiger partial charge is 0.288 e. The van der Waals surface area contributed by atoms with Crippen LogP contribution in [0.5, 0.6) is 0 Å². The van der Waals surface area contributed by atoms with Crippen LogP contribution in [0.25, 0.3) is 10.2 Å². The molecule has 0 atom stereocenters. The smallest absolute Gasteiger partial charge is 0.239 e. The Kier molecular flexibility index (Phi) is 5.73.